The molecule has 3 aromatic carbocycles. The summed E-state index contributed by atoms with van der Waals surface area (Å²) in [4.78, 5) is 28.6. The highest BCUT2D eigenvalue weighted by molar-refractivity contribution is 5.96. The predicted octanol–water partition coefficient (Wildman–Crippen LogP) is 3.98. The lowest BCUT2D eigenvalue weighted by atomic mass is 10.1. The number of hydrogen-bond acceptors (Lipinski definition) is 4. The van der Waals surface area contributed by atoms with Crippen LogP contribution in [0.1, 0.15) is 15.9 Å². The second-order valence-electron chi connectivity index (χ2n) is 6.74. The molecule has 0 aliphatic carbocycles. The molecule has 1 aromatic heterocycles. The van der Waals surface area contributed by atoms with Crippen LogP contribution in [-0.2, 0) is 11.2 Å². The van der Waals surface area contributed by atoms with Crippen LogP contribution in [-0.4, -0.2) is 16.8 Å². The summed E-state index contributed by atoms with van der Waals surface area (Å²) < 4.78 is 0. The van der Waals surface area contributed by atoms with Gasteiger partial charge in [0.2, 0.25) is 5.91 Å². The Morgan fingerprint density at radius 3 is 2.30 bits per heavy atom. The van der Waals surface area contributed by atoms with Crippen molar-refractivity contribution in [3.63, 3.8) is 0 Å². The van der Waals surface area contributed by atoms with Crippen molar-refractivity contribution >= 4 is 34.1 Å². The Morgan fingerprint density at radius 1 is 0.767 bits per heavy atom. The van der Waals surface area contributed by atoms with E-state index in [1.807, 2.05) is 72.8 Å². The number of hydrazine groups is 1. The van der Waals surface area contributed by atoms with Crippen LogP contribution >= 0.6 is 0 Å². The normalized spacial score (nSPS) is 10.4. The number of aromatic nitrogens is 1. The van der Waals surface area contributed by atoms with Crippen LogP contribution in [0.3, 0.4) is 0 Å². The Kier molecular flexibility index (Phi) is 5.66. The smallest absolute Gasteiger partial charge is 0.269 e. The minimum atomic E-state index is -0.377. The number of hydrogen-bond donors (Lipinski definition) is 3. The van der Waals surface area contributed by atoms with E-state index in [9.17, 15) is 9.59 Å². The van der Waals surface area contributed by atoms with Gasteiger partial charge >= 0.3 is 0 Å². The lowest BCUT2D eigenvalue weighted by Gasteiger charge is -2.11. The molecule has 0 aliphatic rings. The fourth-order valence-electron chi connectivity index (χ4n) is 3.09. The Bertz CT molecular complexity index is 1170. The van der Waals surface area contributed by atoms with E-state index in [2.05, 4.69) is 21.2 Å². The lowest BCUT2D eigenvalue weighted by Crippen LogP contribution is -2.42. The average molecular weight is 396 g/mol. The number of rotatable bonds is 5. The number of carbonyl (C=O) groups excluding carboxylic acids is 2. The largest absolute Gasteiger partial charge is 0.355 e. The number of pyridine rings is 1. The third-order valence-corrected chi connectivity index (χ3v) is 4.60. The maximum Gasteiger partial charge on any atom is 0.269 e. The van der Waals surface area contributed by atoms with Crippen LogP contribution in [0.5, 0.6) is 0 Å². The maximum absolute atomic E-state index is 12.3. The Morgan fingerprint density at radius 2 is 1.50 bits per heavy atom. The van der Waals surface area contributed by atoms with Gasteiger partial charge < -0.3 is 5.32 Å². The third kappa shape index (κ3) is 4.62. The molecule has 0 saturated heterocycles. The first-order valence-electron chi connectivity index (χ1n) is 9.53. The zero-order chi connectivity index (χ0) is 20.8. The van der Waals surface area contributed by atoms with E-state index in [4.69, 9.17) is 0 Å². The average Bonchev–Trinajstić information content (AvgIpc) is 2.79. The minimum absolute atomic E-state index is 0.198. The monoisotopic (exact) mass is 396 g/mol. The van der Waals surface area contributed by atoms with Crippen LogP contribution in [0, 0.1) is 0 Å². The van der Waals surface area contributed by atoms with Crippen LogP contribution in [0.4, 0.5) is 11.4 Å². The SMILES string of the molecule is O=C(Cc1ccccc1)NNC(=O)c1ccc(Nc2ccnc3ccccc23)cc1. The molecule has 1 heterocycles. The van der Waals surface area contributed by atoms with E-state index in [0.29, 0.717) is 5.56 Å². The van der Waals surface area contributed by atoms with Crippen LogP contribution in [0.25, 0.3) is 10.9 Å². The molecule has 0 saturated carbocycles. The van der Waals surface area contributed by atoms with Crippen molar-refractivity contribution in [2.24, 2.45) is 0 Å². The number of fused-ring (bicyclic) bond motifs is 1. The second-order valence-corrected chi connectivity index (χ2v) is 6.74. The number of nitrogens with one attached hydrogen (secondary N) is 3. The number of benzene rings is 3. The van der Waals surface area contributed by atoms with Gasteiger partial charge in [-0.2, -0.15) is 0 Å². The van der Waals surface area contributed by atoms with Gasteiger partial charge in [-0.25, -0.2) is 0 Å². The summed E-state index contributed by atoms with van der Waals surface area (Å²) in [6.45, 7) is 0. The predicted molar refractivity (Wildman–Crippen MR) is 117 cm³/mol. The van der Waals surface area contributed by atoms with Gasteiger partial charge in [0.1, 0.15) is 0 Å². The minimum Gasteiger partial charge on any atom is -0.355 e. The molecule has 0 unspecified atom stereocenters. The summed E-state index contributed by atoms with van der Waals surface area (Å²) in [6, 6.07) is 26.2. The molecule has 0 spiro atoms. The topological polar surface area (TPSA) is 83.1 Å². The third-order valence-electron chi connectivity index (χ3n) is 4.60. The molecular weight excluding hydrogens is 376 g/mol. The highest BCUT2D eigenvalue weighted by Crippen LogP contribution is 2.24. The van der Waals surface area contributed by atoms with Crippen molar-refractivity contribution in [2.75, 3.05) is 5.32 Å². The molecule has 0 bridgehead atoms. The van der Waals surface area contributed by atoms with E-state index in [1.165, 1.54) is 0 Å². The summed E-state index contributed by atoms with van der Waals surface area (Å²) in [7, 11) is 0. The quantitative estimate of drug-likeness (QED) is 0.446. The summed E-state index contributed by atoms with van der Waals surface area (Å²) in [6.07, 6.45) is 1.95. The summed E-state index contributed by atoms with van der Waals surface area (Å²) in [5.41, 5.74) is 8.90. The molecule has 0 fully saturated rings. The van der Waals surface area contributed by atoms with Gasteiger partial charge in [-0.05, 0) is 42.0 Å². The van der Waals surface area contributed by atoms with Crippen LogP contribution in [0.2, 0.25) is 0 Å². The van der Waals surface area contributed by atoms with Crippen molar-refractivity contribution < 1.29 is 9.59 Å². The van der Waals surface area contributed by atoms with Crippen molar-refractivity contribution in [2.45, 2.75) is 6.42 Å². The molecule has 6 nitrogen and oxygen atoms in total. The van der Waals surface area contributed by atoms with Gasteiger partial charge in [0.05, 0.1) is 11.9 Å². The van der Waals surface area contributed by atoms with Crippen molar-refractivity contribution in [1.29, 1.82) is 0 Å². The van der Waals surface area contributed by atoms with E-state index in [1.54, 1.807) is 18.3 Å². The van der Waals surface area contributed by atoms with E-state index in [-0.39, 0.29) is 18.2 Å². The molecule has 3 N–H and O–H groups in total. The molecule has 148 valence electrons. The number of nitrogens with zero attached hydrogens (tertiary/aromatic N) is 1. The molecule has 30 heavy (non-hydrogen) atoms. The van der Waals surface area contributed by atoms with Gasteiger partial charge in [-0.3, -0.25) is 25.4 Å². The molecule has 4 aromatic rings. The standard InChI is InChI=1S/C24H20N4O2/c29-23(16-17-6-2-1-3-7-17)27-28-24(30)18-10-12-19(13-11-18)26-22-14-15-25-21-9-5-4-8-20(21)22/h1-15H,16H2,(H,25,26)(H,27,29)(H,28,30). The van der Waals surface area contributed by atoms with Crippen LogP contribution in [0.15, 0.2) is 91.1 Å². The highest BCUT2D eigenvalue weighted by Gasteiger charge is 2.08. The van der Waals surface area contributed by atoms with Crippen molar-refractivity contribution in [1.82, 2.24) is 15.8 Å². The second kappa shape index (κ2) is 8.87. The molecule has 0 aliphatic heterocycles. The Balaban J connectivity index is 1.36. The van der Waals surface area contributed by atoms with Gasteiger partial charge in [0.15, 0.2) is 0 Å². The summed E-state index contributed by atoms with van der Waals surface area (Å²) in [5.74, 6) is -0.658. The van der Waals surface area contributed by atoms with Gasteiger partial charge in [0.25, 0.3) is 5.91 Å². The maximum atomic E-state index is 12.3. The summed E-state index contributed by atoms with van der Waals surface area (Å²) >= 11 is 0. The van der Waals surface area contributed by atoms with Crippen LogP contribution < -0.4 is 16.2 Å². The number of amides is 2. The van der Waals surface area contributed by atoms with Crippen molar-refractivity contribution in [3.05, 3.63) is 102 Å². The zero-order valence-corrected chi connectivity index (χ0v) is 16.1. The van der Waals surface area contributed by atoms with E-state index < -0.39 is 0 Å². The van der Waals surface area contributed by atoms with Gasteiger partial charge in [0, 0.05) is 28.5 Å². The number of para-hydroxylation sites is 1. The molecule has 0 atom stereocenters. The van der Waals surface area contributed by atoms with E-state index >= 15 is 0 Å². The summed E-state index contributed by atoms with van der Waals surface area (Å²) in [5, 5.41) is 4.37. The van der Waals surface area contributed by atoms with Crippen molar-refractivity contribution in [3.8, 4) is 0 Å². The Labute approximate surface area is 173 Å². The fourth-order valence-corrected chi connectivity index (χ4v) is 3.09. The number of carbonyl (C=O) groups is 2. The fraction of sp³-hybridized carbons (Fsp3) is 0.0417. The molecule has 4 rings (SSSR count). The van der Waals surface area contributed by atoms with Gasteiger partial charge in [-0.1, -0.05) is 48.5 Å². The first-order chi connectivity index (χ1) is 14.7. The number of anilines is 2. The lowest BCUT2D eigenvalue weighted by molar-refractivity contribution is -0.121. The zero-order valence-electron chi connectivity index (χ0n) is 16.1. The first kappa shape index (κ1) is 19.1. The highest BCUT2D eigenvalue weighted by atomic mass is 16.2. The molecular formula is C24H20N4O2. The molecule has 2 amide bonds. The van der Waals surface area contributed by atoms with E-state index in [0.717, 1.165) is 27.8 Å². The first-order valence-corrected chi connectivity index (χ1v) is 9.53. The van der Waals surface area contributed by atoms with Gasteiger partial charge in [-0.15, -0.1) is 0 Å². The Hall–Kier alpha value is -4.19. The molecule has 6 heteroatoms. The molecule has 0 radical (unpaired) electrons.